The van der Waals surface area contributed by atoms with Crippen molar-refractivity contribution in [3.8, 4) is 17.3 Å². The van der Waals surface area contributed by atoms with E-state index in [2.05, 4.69) is 49.3 Å². The second kappa shape index (κ2) is 17.5. The van der Waals surface area contributed by atoms with Gasteiger partial charge in [-0.25, -0.2) is 14.8 Å². The van der Waals surface area contributed by atoms with E-state index in [1.165, 1.54) is 4.80 Å². The van der Waals surface area contributed by atoms with E-state index < -0.39 is 17.8 Å². The molecule has 2 fully saturated rings. The molecule has 15 nitrogen and oxygen atoms in total. The minimum Gasteiger partial charge on any atom is -0.435 e. The third-order valence-corrected chi connectivity index (χ3v) is 9.00. The zero-order valence-electron chi connectivity index (χ0n) is 28.2. The van der Waals surface area contributed by atoms with E-state index in [4.69, 9.17) is 35.5 Å². The predicted molar refractivity (Wildman–Crippen MR) is 182 cm³/mol. The first-order valence-electron chi connectivity index (χ1n) is 16.8. The van der Waals surface area contributed by atoms with Gasteiger partial charge in [-0.2, -0.15) is 5.26 Å². The highest BCUT2D eigenvalue weighted by molar-refractivity contribution is 6.33. The SMILES string of the molecule is CCOC(=O)O[C@H](C)n1nnc(COCC(C)NC2CCC(Nc3cc(-c4cccc(NCC5(C#N)CCOCC5)n4)c(Cl)cn3)CC2)n1. The van der Waals surface area contributed by atoms with Crippen LogP contribution in [0.25, 0.3) is 11.3 Å². The first-order valence-corrected chi connectivity index (χ1v) is 17.2. The van der Waals surface area contributed by atoms with Crippen molar-refractivity contribution in [3.63, 3.8) is 0 Å². The van der Waals surface area contributed by atoms with Crippen LogP contribution in [0.3, 0.4) is 0 Å². The number of rotatable bonds is 15. The van der Waals surface area contributed by atoms with Crippen LogP contribution >= 0.6 is 11.6 Å². The molecular formula is C33H45ClN10O5. The molecule has 2 atom stereocenters. The molecule has 0 spiro atoms. The van der Waals surface area contributed by atoms with Crippen molar-refractivity contribution in [1.29, 1.82) is 5.26 Å². The molecule has 16 heteroatoms. The number of anilines is 2. The zero-order chi connectivity index (χ0) is 34.6. The number of ether oxygens (including phenoxy) is 4. The van der Waals surface area contributed by atoms with Crippen LogP contribution in [0.4, 0.5) is 16.4 Å². The molecule has 2 aliphatic rings. The van der Waals surface area contributed by atoms with E-state index in [9.17, 15) is 10.1 Å². The number of tetrazole rings is 1. The van der Waals surface area contributed by atoms with Crippen LogP contribution in [0.2, 0.25) is 5.02 Å². The van der Waals surface area contributed by atoms with E-state index in [0.29, 0.717) is 61.9 Å². The smallest absolute Gasteiger partial charge is 0.435 e. The lowest BCUT2D eigenvalue weighted by molar-refractivity contribution is -0.00552. The quantitative estimate of drug-likeness (QED) is 0.178. The number of halogens is 1. The van der Waals surface area contributed by atoms with Crippen molar-refractivity contribution in [1.82, 2.24) is 35.5 Å². The number of aromatic nitrogens is 6. The summed E-state index contributed by atoms with van der Waals surface area (Å²) in [6.07, 6.45) is 5.56. The first-order chi connectivity index (χ1) is 23.8. The average Bonchev–Trinajstić information content (AvgIpc) is 3.59. The lowest BCUT2D eigenvalue weighted by atomic mass is 9.82. The van der Waals surface area contributed by atoms with Crippen LogP contribution in [0.1, 0.15) is 71.3 Å². The van der Waals surface area contributed by atoms with E-state index in [-0.39, 0.29) is 25.3 Å². The molecule has 5 rings (SSSR count). The minimum atomic E-state index is -0.785. The van der Waals surface area contributed by atoms with Crippen LogP contribution in [-0.2, 0) is 25.6 Å². The normalized spacial score (nSPS) is 20.1. The standard InChI is InChI=1S/C33H45ClN10O5/c1-4-48-32(45)49-23(3)44-42-31(41-43-44)19-47-18-22(2)38-24-8-10-25(11-9-24)39-30-16-26(27(34)17-36-30)28-6-5-7-29(40-28)37-21-33(20-35)12-14-46-15-13-33/h5-7,16-17,22-25,38H,4,8-15,18-19,21H2,1-3H3,(H,36,39)(H,37,40)/t22?,23-,24?,25?/m1/s1. The third kappa shape index (κ3) is 10.4. The van der Waals surface area contributed by atoms with Crippen LogP contribution < -0.4 is 16.0 Å². The summed E-state index contributed by atoms with van der Waals surface area (Å²) in [5.74, 6) is 1.86. The molecule has 264 valence electrons. The Kier molecular flexibility index (Phi) is 12.9. The van der Waals surface area contributed by atoms with Crippen LogP contribution in [0.15, 0.2) is 30.5 Å². The van der Waals surface area contributed by atoms with E-state index in [1.54, 1.807) is 20.0 Å². The van der Waals surface area contributed by atoms with Gasteiger partial charge in [0.1, 0.15) is 18.2 Å². The summed E-state index contributed by atoms with van der Waals surface area (Å²) < 4.78 is 21.1. The molecule has 1 unspecified atom stereocenters. The Bertz CT molecular complexity index is 1550. The summed E-state index contributed by atoms with van der Waals surface area (Å²) in [7, 11) is 0. The maximum absolute atomic E-state index is 11.5. The molecule has 3 aromatic heterocycles. The summed E-state index contributed by atoms with van der Waals surface area (Å²) in [6.45, 7) is 8.03. The molecule has 1 aliphatic carbocycles. The average molecular weight is 697 g/mol. The van der Waals surface area contributed by atoms with E-state index >= 15 is 0 Å². The van der Waals surface area contributed by atoms with E-state index in [1.807, 2.05) is 24.3 Å². The highest BCUT2D eigenvalue weighted by Crippen LogP contribution is 2.32. The fourth-order valence-corrected chi connectivity index (χ4v) is 6.14. The Morgan fingerprint density at radius 2 is 1.96 bits per heavy atom. The van der Waals surface area contributed by atoms with Crippen molar-refractivity contribution in [2.75, 3.05) is 43.6 Å². The number of nitriles is 1. The molecule has 0 aromatic carbocycles. The molecule has 0 radical (unpaired) electrons. The zero-order valence-corrected chi connectivity index (χ0v) is 29.0. The van der Waals surface area contributed by atoms with Gasteiger partial charge in [-0.1, -0.05) is 17.7 Å². The maximum Gasteiger partial charge on any atom is 0.510 e. The highest BCUT2D eigenvalue weighted by Gasteiger charge is 2.32. The highest BCUT2D eigenvalue weighted by atomic mass is 35.5. The monoisotopic (exact) mass is 696 g/mol. The number of carbonyl (C=O) groups is 1. The summed E-state index contributed by atoms with van der Waals surface area (Å²) in [5.41, 5.74) is 1.08. The van der Waals surface area contributed by atoms with Gasteiger partial charge in [0.15, 0.2) is 0 Å². The second-order valence-electron chi connectivity index (χ2n) is 12.5. The van der Waals surface area contributed by atoms with E-state index in [0.717, 1.165) is 42.8 Å². The Labute approximate surface area is 291 Å². The number of hydrogen-bond acceptors (Lipinski definition) is 14. The fourth-order valence-electron chi connectivity index (χ4n) is 5.94. The Balaban J connectivity index is 1.04. The summed E-state index contributed by atoms with van der Waals surface area (Å²) in [5, 5.41) is 33.1. The molecule has 1 aliphatic heterocycles. The van der Waals surface area contributed by atoms with Gasteiger partial charge >= 0.3 is 6.16 Å². The molecule has 0 bridgehead atoms. The van der Waals surface area contributed by atoms with Gasteiger partial charge in [-0.15, -0.1) is 15.0 Å². The topological polar surface area (TPSA) is 183 Å². The number of nitrogens with one attached hydrogen (secondary N) is 3. The maximum atomic E-state index is 11.5. The van der Waals surface area contributed by atoms with Crippen molar-refractivity contribution in [2.45, 2.75) is 90.3 Å². The lowest BCUT2D eigenvalue weighted by Gasteiger charge is -2.32. The van der Waals surface area contributed by atoms with Crippen LogP contribution in [0, 0.1) is 16.7 Å². The predicted octanol–water partition coefficient (Wildman–Crippen LogP) is 5.13. The molecule has 0 amide bonds. The number of carbonyl (C=O) groups excluding carboxylic acids is 1. The number of nitrogens with zero attached hydrogens (tertiary/aromatic N) is 7. The van der Waals surface area contributed by atoms with Crippen molar-refractivity contribution in [3.05, 3.63) is 41.3 Å². The molecule has 4 heterocycles. The molecule has 49 heavy (non-hydrogen) atoms. The molecule has 3 aromatic rings. The lowest BCUT2D eigenvalue weighted by Crippen LogP contribution is -2.43. The molecule has 3 N–H and O–H groups in total. The molecule has 1 saturated carbocycles. The first kappa shape index (κ1) is 36.2. The van der Waals surface area contributed by atoms with Gasteiger partial charge < -0.3 is 34.9 Å². The van der Waals surface area contributed by atoms with Crippen molar-refractivity contribution in [2.24, 2.45) is 5.41 Å². The van der Waals surface area contributed by atoms with Crippen LogP contribution in [-0.4, -0.2) is 87.4 Å². The second-order valence-corrected chi connectivity index (χ2v) is 12.9. The fraction of sp³-hybridized carbons (Fsp3) is 0.606. The third-order valence-electron chi connectivity index (χ3n) is 8.70. The van der Waals surface area contributed by atoms with Gasteiger partial charge in [-0.3, -0.25) is 0 Å². The largest absolute Gasteiger partial charge is 0.510 e. The Morgan fingerprint density at radius 3 is 2.71 bits per heavy atom. The number of pyridine rings is 2. The van der Waals surface area contributed by atoms with Crippen molar-refractivity contribution < 1.29 is 23.7 Å². The Hall–Kier alpha value is -4.10. The molecule has 1 saturated heterocycles. The molecular weight excluding hydrogens is 652 g/mol. The number of hydrogen-bond donors (Lipinski definition) is 3. The van der Waals surface area contributed by atoms with Crippen LogP contribution in [0.5, 0.6) is 0 Å². The van der Waals surface area contributed by atoms with Gasteiger partial charge in [-0.05, 0) is 82.7 Å². The summed E-state index contributed by atoms with van der Waals surface area (Å²) >= 11 is 6.59. The summed E-state index contributed by atoms with van der Waals surface area (Å²) in [4.78, 5) is 22.1. The minimum absolute atomic E-state index is 0.135. The summed E-state index contributed by atoms with van der Waals surface area (Å²) in [6, 6.07) is 11.0. The van der Waals surface area contributed by atoms with Gasteiger partial charge in [0.25, 0.3) is 0 Å². The van der Waals surface area contributed by atoms with Gasteiger partial charge in [0, 0.05) is 49.6 Å². The van der Waals surface area contributed by atoms with Gasteiger partial charge in [0.05, 0.1) is 35.4 Å². The Morgan fingerprint density at radius 1 is 1.18 bits per heavy atom. The van der Waals surface area contributed by atoms with Gasteiger partial charge in [0.2, 0.25) is 12.1 Å². The van der Waals surface area contributed by atoms with Crippen molar-refractivity contribution >= 4 is 29.4 Å².